The van der Waals surface area contributed by atoms with Crippen LogP contribution >= 0.6 is 54.5 Å². The summed E-state index contributed by atoms with van der Waals surface area (Å²) >= 11 is 9.58. The van der Waals surface area contributed by atoms with Gasteiger partial charge in [0, 0.05) is 42.8 Å². The topological polar surface area (TPSA) is 163 Å². The second-order valence-electron chi connectivity index (χ2n) is 13.4. The second-order valence-corrected chi connectivity index (χ2v) is 20.5. The Labute approximate surface area is 364 Å². The van der Waals surface area contributed by atoms with Crippen LogP contribution in [0.25, 0.3) is 20.2 Å². The van der Waals surface area contributed by atoms with Gasteiger partial charge in [-0.25, -0.2) is 26.3 Å². The summed E-state index contributed by atoms with van der Waals surface area (Å²) in [6, 6.07) is 28.9. The molecule has 59 heavy (non-hydrogen) atoms. The van der Waals surface area contributed by atoms with Crippen LogP contribution in [0, 0.1) is 13.8 Å². The lowest BCUT2D eigenvalue weighted by Crippen LogP contribution is -2.14. The number of aryl methyl sites for hydroxylation is 3. The van der Waals surface area contributed by atoms with E-state index in [2.05, 4.69) is 82.8 Å². The van der Waals surface area contributed by atoms with Gasteiger partial charge in [0.15, 0.2) is 11.5 Å². The van der Waals surface area contributed by atoms with E-state index in [1.54, 1.807) is 13.8 Å². The molecule has 1 aliphatic rings. The second kappa shape index (κ2) is 16.7. The van der Waals surface area contributed by atoms with Gasteiger partial charge in [0.05, 0.1) is 11.4 Å². The van der Waals surface area contributed by atoms with Crippen LogP contribution in [0.3, 0.4) is 0 Å². The summed E-state index contributed by atoms with van der Waals surface area (Å²) in [6.45, 7) is 5.75. The summed E-state index contributed by atoms with van der Waals surface area (Å²) in [5.74, 6) is 1.49. The molecule has 2 N–H and O–H groups in total. The number of thiophene rings is 2. The molecule has 0 atom stereocenters. The third-order valence-corrected chi connectivity index (χ3v) is 16.8. The molecule has 0 unspecified atom stereocenters. The third-order valence-electron chi connectivity index (χ3n) is 9.41. The van der Waals surface area contributed by atoms with E-state index in [1.807, 2.05) is 66.7 Å². The Morgan fingerprint density at radius 3 is 1.58 bits per heavy atom. The highest BCUT2D eigenvalue weighted by atomic mass is 79.9. The van der Waals surface area contributed by atoms with E-state index in [9.17, 15) is 16.8 Å². The van der Waals surface area contributed by atoms with Gasteiger partial charge in [-0.15, -0.1) is 22.7 Å². The molecule has 4 aromatic carbocycles. The Morgan fingerprint density at radius 2 is 1.08 bits per heavy atom. The maximum Gasteiger partial charge on any atom is 0.266 e. The van der Waals surface area contributed by atoms with Gasteiger partial charge in [-0.05, 0) is 93.1 Å². The molecular formula is C41H34Br2N4O8S4. The monoisotopic (exact) mass is 996 g/mol. The van der Waals surface area contributed by atoms with Gasteiger partial charge in [-0.2, -0.15) is 0 Å². The van der Waals surface area contributed by atoms with Crippen LogP contribution in [0.1, 0.15) is 44.8 Å². The molecule has 0 saturated carbocycles. The number of hydrogen-bond donors (Lipinski definition) is 2. The molecule has 8 aromatic rings. The smallest absolute Gasteiger partial charge is 0.266 e. The van der Waals surface area contributed by atoms with Crippen molar-refractivity contribution in [2.75, 3.05) is 16.2 Å². The van der Waals surface area contributed by atoms with Crippen molar-refractivity contribution < 1.29 is 35.4 Å². The van der Waals surface area contributed by atoms with E-state index in [1.165, 1.54) is 28.2 Å². The van der Waals surface area contributed by atoms with Crippen LogP contribution in [0.15, 0.2) is 119 Å². The molecule has 0 aliphatic carbocycles. The highest BCUT2D eigenvalue weighted by Gasteiger charge is 2.29. The fraction of sp³-hybridized carbons (Fsp3) is 0.171. The minimum Gasteiger partial charge on any atom is -0.454 e. The SMILES string of the molecule is CCc1ccc(Cc2sc3ccccc3c2S(=O)(=O)Nc2onc(C)c2Br)cc1.Cc1noc(NS(=O)(=O)c2c(Cc3ccc4c(c3)OCO4)sc3ccccc23)c1Br. The van der Waals surface area contributed by atoms with Crippen LogP contribution in [-0.2, 0) is 39.3 Å². The van der Waals surface area contributed by atoms with E-state index in [-0.39, 0.29) is 23.5 Å². The van der Waals surface area contributed by atoms with Crippen LogP contribution in [0.5, 0.6) is 11.5 Å². The summed E-state index contributed by atoms with van der Waals surface area (Å²) in [7, 11) is -7.80. The molecule has 304 valence electrons. The van der Waals surface area contributed by atoms with Crippen molar-refractivity contribution in [2.45, 2.75) is 49.8 Å². The lowest BCUT2D eigenvalue weighted by Gasteiger charge is -2.08. The Bertz CT molecular complexity index is 3070. The number of ether oxygens (including phenoxy) is 2. The lowest BCUT2D eigenvalue weighted by atomic mass is 10.1. The van der Waals surface area contributed by atoms with Crippen LogP contribution in [0.2, 0.25) is 0 Å². The number of fused-ring (bicyclic) bond motifs is 3. The Balaban J connectivity index is 0.000000164. The normalized spacial score (nSPS) is 12.5. The van der Waals surface area contributed by atoms with Crippen molar-refractivity contribution in [1.82, 2.24) is 10.3 Å². The number of halogens is 2. The summed E-state index contributed by atoms with van der Waals surface area (Å²) < 4.78 is 82.4. The first-order valence-electron chi connectivity index (χ1n) is 18.1. The van der Waals surface area contributed by atoms with Crippen molar-refractivity contribution in [2.24, 2.45) is 0 Å². The molecule has 0 spiro atoms. The predicted molar refractivity (Wildman–Crippen MR) is 237 cm³/mol. The van der Waals surface area contributed by atoms with Crippen molar-refractivity contribution in [3.05, 3.63) is 138 Å². The standard InChI is InChI=1S/C21H19BrN2O3S2.C20H15BrN2O5S2/c1-3-14-8-10-15(11-9-14)12-18-20(16-6-4-5-7-17(16)28-18)29(25,26)24-21-19(22)13(2)23-27-21;1-11-18(21)20(28-22-11)23-30(24,25)19-13-4-2-3-5-16(13)29-17(19)9-12-6-7-14-15(8-12)27-10-26-14/h4-11,24H,3,12H2,1-2H3;2-8,23H,9-10H2,1H3. The molecule has 0 bridgehead atoms. The highest BCUT2D eigenvalue weighted by Crippen LogP contribution is 2.41. The highest BCUT2D eigenvalue weighted by molar-refractivity contribution is 9.11. The van der Waals surface area contributed by atoms with Gasteiger partial charge < -0.3 is 18.5 Å². The van der Waals surface area contributed by atoms with E-state index in [4.69, 9.17) is 18.5 Å². The number of rotatable bonds is 11. The molecule has 0 fully saturated rings. The summed E-state index contributed by atoms with van der Waals surface area (Å²) in [6.07, 6.45) is 1.94. The molecule has 9 rings (SSSR count). The van der Waals surface area contributed by atoms with Crippen LogP contribution < -0.4 is 18.9 Å². The fourth-order valence-corrected chi connectivity index (χ4v) is 13.2. The molecule has 0 saturated heterocycles. The Hall–Kier alpha value is -4.72. The molecule has 5 heterocycles. The number of aromatic nitrogens is 2. The largest absolute Gasteiger partial charge is 0.454 e. The number of nitrogens with one attached hydrogen (secondary N) is 2. The van der Waals surface area contributed by atoms with Crippen molar-refractivity contribution in [3.8, 4) is 11.5 Å². The van der Waals surface area contributed by atoms with Crippen molar-refractivity contribution >= 4 is 107 Å². The fourth-order valence-electron chi connectivity index (χ4n) is 6.47. The summed E-state index contributed by atoms with van der Waals surface area (Å²) in [5, 5.41) is 8.97. The maximum atomic E-state index is 13.4. The quantitative estimate of drug-likeness (QED) is 0.127. The zero-order chi connectivity index (χ0) is 41.5. The summed E-state index contributed by atoms with van der Waals surface area (Å²) in [4.78, 5) is 2.03. The lowest BCUT2D eigenvalue weighted by molar-refractivity contribution is 0.174. The minimum atomic E-state index is -3.93. The zero-order valence-corrected chi connectivity index (χ0v) is 38.0. The molecule has 0 radical (unpaired) electrons. The van der Waals surface area contributed by atoms with Crippen LogP contribution in [0.4, 0.5) is 11.8 Å². The number of anilines is 2. The molecule has 12 nitrogen and oxygen atoms in total. The Kier molecular flexibility index (Phi) is 11.6. The number of nitrogens with zero attached hydrogens (tertiary/aromatic N) is 2. The third kappa shape index (κ3) is 8.51. The molecule has 4 aromatic heterocycles. The number of benzene rings is 4. The minimum absolute atomic E-state index is 0.0526. The van der Waals surface area contributed by atoms with Gasteiger partial charge in [0.2, 0.25) is 6.79 Å². The van der Waals surface area contributed by atoms with Crippen molar-refractivity contribution in [3.63, 3.8) is 0 Å². The zero-order valence-electron chi connectivity index (χ0n) is 31.5. The predicted octanol–water partition coefficient (Wildman–Crippen LogP) is 11.0. The van der Waals surface area contributed by atoms with Crippen molar-refractivity contribution in [1.29, 1.82) is 0 Å². The van der Waals surface area contributed by atoms with Gasteiger partial charge in [0.1, 0.15) is 18.7 Å². The average molecular weight is 999 g/mol. The van der Waals surface area contributed by atoms with E-state index >= 15 is 0 Å². The Morgan fingerprint density at radius 1 is 0.627 bits per heavy atom. The molecule has 0 amide bonds. The van der Waals surface area contributed by atoms with Gasteiger partial charge in [-0.3, -0.25) is 0 Å². The van der Waals surface area contributed by atoms with E-state index in [0.29, 0.717) is 60.3 Å². The van der Waals surface area contributed by atoms with Crippen LogP contribution in [-0.4, -0.2) is 33.9 Å². The van der Waals surface area contributed by atoms with E-state index in [0.717, 1.165) is 36.7 Å². The van der Waals surface area contributed by atoms with Gasteiger partial charge in [0.25, 0.3) is 31.8 Å². The maximum absolute atomic E-state index is 13.4. The molecule has 18 heteroatoms. The number of sulfonamides is 2. The summed E-state index contributed by atoms with van der Waals surface area (Å²) in [5.41, 5.74) is 4.39. The van der Waals surface area contributed by atoms with E-state index < -0.39 is 20.0 Å². The molecular weight excluding hydrogens is 965 g/mol. The molecule has 1 aliphatic heterocycles. The average Bonchev–Trinajstić information content (AvgIpc) is 4.05. The van der Waals surface area contributed by atoms with Gasteiger partial charge in [-0.1, -0.05) is 84.0 Å². The number of hydrogen-bond acceptors (Lipinski definition) is 12. The first-order chi connectivity index (χ1) is 28.3. The first-order valence-corrected chi connectivity index (χ1v) is 24.3. The van der Waals surface area contributed by atoms with Gasteiger partial charge >= 0.3 is 0 Å². The first kappa shape index (κ1) is 41.0.